The Labute approximate surface area is 454 Å². The molecule has 1 rings (SSSR count). The number of carbonyl (C=O) groups is 1. The van der Waals surface area contributed by atoms with Crippen LogP contribution in [0.5, 0.6) is 0 Å². The summed E-state index contributed by atoms with van der Waals surface area (Å²) in [7, 11) is 0. The van der Waals surface area contributed by atoms with Gasteiger partial charge in [0.2, 0.25) is 5.91 Å². The van der Waals surface area contributed by atoms with Gasteiger partial charge in [0, 0.05) is 0 Å². The van der Waals surface area contributed by atoms with Gasteiger partial charge in [0.25, 0.3) is 0 Å². The number of hydrogen-bond donors (Lipinski definition) is 7. The molecule has 1 fully saturated rings. The van der Waals surface area contributed by atoms with Gasteiger partial charge < -0.3 is 45.4 Å². The number of aliphatic hydroxyl groups excluding tert-OH is 6. The van der Waals surface area contributed by atoms with Gasteiger partial charge in [-0.05, 0) is 70.6 Å². The van der Waals surface area contributed by atoms with E-state index in [9.17, 15) is 35.4 Å². The van der Waals surface area contributed by atoms with Crippen LogP contribution in [0, 0.1) is 0 Å². The predicted octanol–water partition coefficient (Wildman–Crippen LogP) is 14.8. The predicted molar refractivity (Wildman–Crippen MR) is 310 cm³/mol. The van der Waals surface area contributed by atoms with Crippen LogP contribution in [-0.2, 0) is 14.3 Å². The first-order valence-electron chi connectivity index (χ1n) is 31.1. The standard InChI is InChI=1S/C64H117NO9/c1-3-5-7-9-11-13-15-16-17-18-19-20-21-22-23-24-25-26-27-28-29-30-31-32-33-34-35-36-37-38-39-40-41-43-45-47-49-51-53-58(68)63(72)65-56(55-73-64-62(71)61(70)60(69)59(54-66)74-64)57(67)52-50-48-46-44-42-14-12-10-8-6-4-2/h8,10,25-26,28-29,42,44,50,52,56-62,64,66-71H,3-7,9,11-24,27,30-41,43,45-49,51,53-55H2,1-2H3,(H,65,72)/b10-8+,26-25-,29-28-,44-42+,52-50+. The van der Waals surface area contributed by atoms with Gasteiger partial charge in [0.05, 0.1) is 25.4 Å². The lowest BCUT2D eigenvalue weighted by molar-refractivity contribution is -0.302. The van der Waals surface area contributed by atoms with Crippen molar-refractivity contribution in [3.63, 3.8) is 0 Å². The quantitative estimate of drug-likeness (QED) is 0.0232. The van der Waals surface area contributed by atoms with Crippen molar-refractivity contribution in [3.05, 3.63) is 60.8 Å². The monoisotopic (exact) mass is 1040 g/mol. The summed E-state index contributed by atoms with van der Waals surface area (Å²) in [5.41, 5.74) is 0. The molecule has 0 aliphatic carbocycles. The van der Waals surface area contributed by atoms with Gasteiger partial charge in [-0.2, -0.15) is 0 Å². The summed E-state index contributed by atoms with van der Waals surface area (Å²) in [5.74, 6) is -0.631. The van der Waals surface area contributed by atoms with Gasteiger partial charge in [0.15, 0.2) is 6.29 Å². The molecular formula is C64H117NO9. The number of ether oxygens (including phenoxy) is 2. The molecule has 0 saturated carbocycles. The van der Waals surface area contributed by atoms with Crippen molar-refractivity contribution in [2.75, 3.05) is 13.2 Å². The number of hydrogen-bond acceptors (Lipinski definition) is 9. The van der Waals surface area contributed by atoms with E-state index >= 15 is 0 Å². The van der Waals surface area contributed by atoms with Crippen LogP contribution in [0.25, 0.3) is 0 Å². The minimum absolute atomic E-state index is 0.299. The van der Waals surface area contributed by atoms with Gasteiger partial charge in [0.1, 0.15) is 30.5 Å². The number of aliphatic hydroxyl groups is 6. The second kappa shape index (κ2) is 52.9. The fourth-order valence-electron chi connectivity index (χ4n) is 9.65. The van der Waals surface area contributed by atoms with E-state index in [2.05, 4.69) is 67.8 Å². The van der Waals surface area contributed by atoms with Crippen LogP contribution in [0.2, 0.25) is 0 Å². The summed E-state index contributed by atoms with van der Waals surface area (Å²) in [6.07, 6.45) is 62.4. The highest BCUT2D eigenvalue weighted by Crippen LogP contribution is 2.23. The number of carbonyl (C=O) groups excluding carboxylic acids is 1. The third-order valence-electron chi connectivity index (χ3n) is 14.6. The molecule has 0 bridgehead atoms. The Morgan fingerprint density at radius 2 is 0.865 bits per heavy atom. The molecule has 10 heteroatoms. The van der Waals surface area contributed by atoms with Crippen molar-refractivity contribution < 1.29 is 44.9 Å². The Hall–Kier alpha value is -2.15. The summed E-state index contributed by atoms with van der Waals surface area (Å²) >= 11 is 0. The lowest BCUT2D eigenvalue weighted by Gasteiger charge is -2.40. The van der Waals surface area contributed by atoms with E-state index in [1.54, 1.807) is 6.08 Å². The molecule has 0 aromatic carbocycles. The van der Waals surface area contributed by atoms with Gasteiger partial charge in [-0.25, -0.2) is 0 Å². The second-order valence-electron chi connectivity index (χ2n) is 21.6. The molecule has 1 amide bonds. The molecule has 0 spiro atoms. The Bertz CT molecular complexity index is 1370. The first-order chi connectivity index (χ1) is 36.3. The van der Waals surface area contributed by atoms with E-state index in [1.807, 2.05) is 6.08 Å². The minimum Gasteiger partial charge on any atom is -0.394 e. The average Bonchev–Trinajstić information content (AvgIpc) is 3.40. The molecule has 74 heavy (non-hydrogen) atoms. The summed E-state index contributed by atoms with van der Waals surface area (Å²) in [6, 6.07) is -1.00. The number of amides is 1. The third kappa shape index (κ3) is 41.0. The lowest BCUT2D eigenvalue weighted by Crippen LogP contribution is -2.60. The third-order valence-corrected chi connectivity index (χ3v) is 14.6. The SMILES string of the molecule is CCC/C=C/CC/C=C/CC/C=C/C(O)C(COC1OC(CO)C(O)C(O)C1O)NC(=O)C(O)CCCCCCCCCCCCCCCCCC/C=C\C/C=C\CCCCCCCCCCCCCCCCC. The maximum absolute atomic E-state index is 13.1. The summed E-state index contributed by atoms with van der Waals surface area (Å²) in [6.45, 7) is 3.52. The second-order valence-corrected chi connectivity index (χ2v) is 21.6. The van der Waals surface area contributed by atoms with E-state index in [0.29, 0.717) is 19.3 Å². The zero-order valence-corrected chi connectivity index (χ0v) is 47.7. The van der Waals surface area contributed by atoms with E-state index in [1.165, 1.54) is 186 Å². The zero-order chi connectivity index (χ0) is 53.8. The van der Waals surface area contributed by atoms with Crippen LogP contribution in [0.15, 0.2) is 60.8 Å². The van der Waals surface area contributed by atoms with Gasteiger partial charge in [-0.3, -0.25) is 4.79 Å². The fourth-order valence-corrected chi connectivity index (χ4v) is 9.65. The molecule has 1 aliphatic heterocycles. The van der Waals surface area contributed by atoms with Crippen molar-refractivity contribution >= 4 is 5.91 Å². The maximum Gasteiger partial charge on any atom is 0.249 e. The molecular weight excluding hydrogens is 927 g/mol. The minimum atomic E-state index is -1.62. The number of allylic oxidation sites excluding steroid dienone is 9. The van der Waals surface area contributed by atoms with E-state index in [0.717, 1.165) is 57.8 Å². The van der Waals surface area contributed by atoms with Crippen molar-refractivity contribution in [3.8, 4) is 0 Å². The molecule has 1 aliphatic rings. The van der Waals surface area contributed by atoms with Crippen molar-refractivity contribution in [1.82, 2.24) is 5.32 Å². The highest BCUT2D eigenvalue weighted by atomic mass is 16.7. The summed E-state index contributed by atoms with van der Waals surface area (Å²) < 4.78 is 11.1. The van der Waals surface area contributed by atoms with Crippen LogP contribution in [0.3, 0.4) is 0 Å². The Balaban J connectivity index is 2.08. The molecule has 432 valence electrons. The van der Waals surface area contributed by atoms with Gasteiger partial charge in [-0.15, -0.1) is 0 Å². The smallest absolute Gasteiger partial charge is 0.249 e. The van der Waals surface area contributed by atoms with Gasteiger partial charge in [-0.1, -0.05) is 267 Å². The lowest BCUT2D eigenvalue weighted by atomic mass is 9.99. The zero-order valence-electron chi connectivity index (χ0n) is 47.7. The Kier molecular flexibility index (Phi) is 49.9. The van der Waals surface area contributed by atoms with E-state index in [4.69, 9.17) is 9.47 Å². The van der Waals surface area contributed by atoms with Crippen LogP contribution in [-0.4, -0.2) is 98.7 Å². The molecule has 7 N–H and O–H groups in total. The van der Waals surface area contributed by atoms with E-state index < -0.39 is 61.5 Å². The highest BCUT2D eigenvalue weighted by Gasteiger charge is 2.44. The summed E-state index contributed by atoms with van der Waals surface area (Å²) in [4.78, 5) is 13.1. The first-order valence-corrected chi connectivity index (χ1v) is 31.1. The molecule has 0 aromatic rings. The van der Waals surface area contributed by atoms with Crippen LogP contribution in [0.4, 0.5) is 0 Å². The first kappa shape index (κ1) is 69.9. The average molecular weight is 1040 g/mol. The Morgan fingerprint density at radius 3 is 1.30 bits per heavy atom. The Morgan fingerprint density at radius 1 is 0.473 bits per heavy atom. The number of rotatable bonds is 53. The van der Waals surface area contributed by atoms with Crippen LogP contribution in [0.1, 0.15) is 277 Å². The van der Waals surface area contributed by atoms with Crippen molar-refractivity contribution in [1.29, 1.82) is 0 Å². The maximum atomic E-state index is 13.1. The van der Waals surface area contributed by atoms with E-state index in [-0.39, 0.29) is 6.61 Å². The largest absolute Gasteiger partial charge is 0.394 e. The van der Waals surface area contributed by atoms with Crippen LogP contribution >= 0.6 is 0 Å². The number of unbranched alkanes of at least 4 members (excludes halogenated alkanes) is 34. The highest BCUT2D eigenvalue weighted by molar-refractivity contribution is 5.80. The molecule has 1 heterocycles. The molecule has 0 radical (unpaired) electrons. The van der Waals surface area contributed by atoms with Crippen LogP contribution < -0.4 is 5.32 Å². The summed E-state index contributed by atoms with van der Waals surface area (Å²) in [5, 5.41) is 64.8. The molecule has 1 saturated heterocycles. The fraction of sp³-hybridized carbons (Fsp3) is 0.828. The van der Waals surface area contributed by atoms with Gasteiger partial charge >= 0.3 is 0 Å². The molecule has 8 atom stereocenters. The van der Waals surface area contributed by atoms with Crippen molar-refractivity contribution in [2.24, 2.45) is 0 Å². The normalized spacial score (nSPS) is 19.8. The number of nitrogens with one attached hydrogen (secondary N) is 1. The topological polar surface area (TPSA) is 169 Å². The molecule has 8 unspecified atom stereocenters. The van der Waals surface area contributed by atoms with Crippen molar-refractivity contribution in [2.45, 2.75) is 326 Å². The molecule has 10 nitrogen and oxygen atoms in total. The molecule has 0 aromatic heterocycles.